The molecule has 0 radical (unpaired) electrons. The predicted octanol–water partition coefficient (Wildman–Crippen LogP) is 6.75. The van der Waals surface area contributed by atoms with Gasteiger partial charge in [0.1, 0.15) is 11.4 Å². The minimum absolute atomic E-state index is 0.162. The van der Waals surface area contributed by atoms with Crippen molar-refractivity contribution in [2.75, 3.05) is 0 Å². The van der Waals surface area contributed by atoms with Crippen LogP contribution in [-0.2, 0) is 0 Å². The molecule has 4 nitrogen and oxygen atoms in total. The predicted molar refractivity (Wildman–Crippen MR) is 127 cm³/mol. The Morgan fingerprint density at radius 1 is 1.10 bits per heavy atom. The fourth-order valence-corrected chi connectivity index (χ4v) is 2.53. The summed E-state index contributed by atoms with van der Waals surface area (Å²) in [6, 6.07) is 11.8. The van der Waals surface area contributed by atoms with Gasteiger partial charge in [-0.25, -0.2) is 4.98 Å². The van der Waals surface area contributed by atoms with Crippen molar-refractivity contribution < 1.29 is 9.47 Å². The van der Waals surface area contributed by atoms with Crippen LogP contribution in [0.25, 0.3) is 11.6 Å². The molecule has 0 unspecified atom stereocenters. The van der Waals surface area contributed by atoms with E-state index in [4.69, 9.17) is 9.47 Å². The monoisotopic (exact) mass is 404 g/mol. The van der Waals surface area contributed by atoms with Crippen LogP contribution in [0.2, 0.25) is 0 Å². The van der Waals surface area contributed by atoms with E-state index in [1.807, 2.05) is 90.1 Å². The molecule has 0 aliphatic heterocycles. The average molecular weight is 405 g/mol. The molecular formula is C26H32N2O2. The molecule has 2 aromatic rings. The zero-order chi connectivity index (χ0) is 22.1. The summed E-state index contributed by atoms with van der Waals surface area (Å²) >= 11 is 0. The van der Waals surface area contributed by atoms with Crippen molar-refractivity contribution in [1.29, 1.82) is 0 Å². The second-order valence-electron chi connectivity index (χ2n) is 8.28. The molecule has 30 heavy (non-hydrogen) atoms. The molecule has 2 rings (SSSR count). The number of rotatable bonds is 8. The minimum atomic E-state index is -0.257. The largest absolute Gasteiger partial charge is 0.491 e. The standard InChI is InChI=1S/C26H32N2O2/c1-19(2)29-24-11-9-23(10-12-24)21(4)20(3)14-16-27-17-15-22-8-13-25(28-18-22)30-26(5,6)7/h8-19H,4H2,1-3,5-7H3/b17-15+,20-14-,27-16+. The van der Waals surface area contributed by atoms with Crippen LogP contribution in [0.4, 0.5) is 0 Å². The van der Waals surface area contributed by atoms with Crippen LogP contribution in [-0.4, -0.2) is 22.9 Å². The fourth-order valence-electron chi connectivity index (χ4n) is 2.53. The van der Waals surface area contributed by atoms with Crippen LogP contribution in [0.5, 0.6) is 11.6 Å². The highest BCUT2D eigenvalue weighted by Crippen LogP contribution is 2.23. The summed E-state index contributed by atoms with van der Waals surface area (Å²) in [6.45, 7) is 16.2. The highest BCUT2D eigenvalue weighted by Gasteiger charge is 2.11. The summed E-state index contributed by atoms with van der Waals surface area (Å²) in [7, 11) is 0. The summed E-state index contributed by atoms with van der Waals surface area (Å²) < 4.78 is 11.4. The first-order chi connectivity index (χ1) is 14.1. The molecule has 1 aromatic heterocycles. The maximum absolute atomic E-state index is 5.72. The average Bonchev–Trinajstić information content (AvgIpc) is 2.67. The molecule has 0 saturated heterocycles. The summed E-state index contributed by atoms with van der Waals surface area (Å²) in [5.74, 6) is 1.48. The van der Waals surface area contributed by atoms with Gasteiger partial charge in [0, 0.05) is 24.7 Å². The van der Waals surface area contributed by atoms with Crippen molar-refractivity contribution in [3.8, 4) is 11.6 Å². The van der Waals surface area contributed by atoms with Gasteiger partial charge in [-0.2, -0.15) is 0 Å². The van der Waals surface area contributed by atoms with Gasteiger partial charge < -0.3 is 9.47 Å². The number of ether oxygens (including phenoxy) is 2. The summed E-state index contributed by atoms with van der Waals surface area (Å²) in [6.07, 6.45) is 9.28. The number of aromatic nitrogens is 1. The molecule has 0 saturated carbocycles. The SMILES string of the molecule is C=C(\C(C)=C/C=N/C=C/c1ccc(OC(C)(C)C)nc1)c1ccc(OC(C)C)cc1. The Labute approximate surface area is 180 Å². The van der Waals surface area contributed by atoms with Crippen LogP contribution < -0.4 is 9.47 Å². The normalized spacial score (nSPS) is 12.7. The Kier molecular flexibility index (Phi) is 8.16. The third-order valence-electron chi connectivity index (χ3n) is 3.98. The maximum Gasteiger partial charge on any atom is 0.213 e. The molecule has 0 spiro atoms. The molecule has 0 aliphatic rings. The van der Waals surface area contributed by atoms with Crippen molar-refractivity contribution in [1.82, 2.24) is 4.98 Å². The lowest BCUT2D eigenvalue weighted by Gasteiger charge is -2.20. The smallest absolute Gasteiger partial charge is 0.213 e. The molecule has 0 bridgehead atoms. The first kappa shape index (κ1) is 23.1. The molecule has 0 atom stereocenters. The number of aliphatic imine (C=N–C) groups is 1. The summed E-state index contributed by atoms with van der Waals surface area (Å²) in [5.41, 5.74) is 3.78. The van der Waals surface area contributed by atoms with Gasteiger partial charge in [0.05, 0.1) is 6.10 Å². The van der Waals surface area contributed by atoms with E-state index in [0.717, 1.165) is 28.0 Å². The van der Waals surface area contributed by atoms with Crippen LogP contribution in [0.15, 0.2) is 72.0 Å². The highest BCUT2D eigenvalue weighted by molar-refractivity contribution is 5.84. The first-order valence-electron chi connectivity index (χ1n) is 10.1. The van der Waals surface area contributed by atoms with Gasteiger partial charge in [0.2, 0.25) is 5.88 Å². The van der Waals surface area contributed by atoms with E-state index in [9.17, 15) is 0 Å². The van der Waals surface area contributed by atoms with Gasteiger partial charge in [-0.3, -0.25) is 4.99 Å². The van der Waals surface area contributed by atoms with E-state index in [1.54, 1.807) is 18.6 Å². The molecule has 1 aromatic carbocycles. The lowest BCUT2D eigenvalue weighted by Crippen LogP contribution is -2.23. The van der Waals surface area contributed by atoms with Crippen molar-refractivity contribution in [2.45, 2.75) is 53.2 Å². The van der Waals surface area contributed by atoms with Crippen molar-refractivity contribution in [2.24, 2.45) is 4.99 Å². The molecule has 4 heteroatoms. The number of pyridine rings is 1. The molecule has 158 valence electrons. The molecule has 0 N–H and O–H groups in total. The molecule has 0 fully saturated rings. The summed E-state index contributed by atoms with van der Waals surface area (Å²) in [4.78, 5) is 8.62. The molecule has 0 aliphatic carbocycles. The van der Waals surface area contributed by atoms with Gasteiger partial charge in [0.15, 0.2) is 0 Å². The van der Waals surface area contributed by atoms with Crippen LogP contribution in [0.1, 0.15) is 52.7 Å². The number of hydrogen-bond donors (Lipinski definition) is 0. The van der Waals surface area contributed by atoms with Gasteiger partial charge in [-0.1, -0.05) is 18.7 Å². The Morgan fingerprint density at radius 2 is 1.80 bits per heavy atom. The van der Waals surface area contributed by atoms with Crippen molar-refractivity contribution in [3.63, 3.8) is 0 Å². The topological polar surface area (TPSA) is 43.7 Å². The van der Waals surface area contributed by atoms with Crippen LogP contribution >= 0.6 is 0 Å². The second-order valence-corrected chi connectivity index (χ2v) is 8.28. The number of hydrogen-bond acceptors (Lipinski definition) is 4. The minimum Gasteiger partial charge on any atom is -0.491 e. The van der Waals surface area contributed by atoms with Gasteiger partial charge in [0.25, 0.3) is 0 Å². The Balaban J connectivity index is 1.92. The number of allylic oxidation sites excluding steroid dienone is 3. The highest BCUT2D eigenvalue weighted by atomic mass is 16.5. The molecule has 1 heterocycles. The van der Waals surface area contributed by atoms with Crippen LogP contribution in [0, 0.1) is 0 Å². The van der Waals surface area contributed by atoms with E-state index >= 15 is 0 Å². The quantitative estimate of drug-likeness (QED) is 0.361. The van der Waals surface area contributed by atoms with Gasteiger partial charge in [-0.05, 0) is 94.2 Å². The Bertz CT molecular complexity index is 913. The van der Waals surface area contributed by atoms with E-state index in [0.29, 0.717) is 5.88 Å². The lowest BCUT2D eigenvalue weighted by molar-refractivity contribution is 0.124. The van der Waals surface area contributed by atoms with Gasteiger partial charge in [-0.15, -0.1) is 0 Å². The molecule has 0 amide bonds. The summed E-state index contributed by atoms with van der Waals surface area (Å²) in [5, 5.41) is 0. The second kappa shape index (κ2) is 10.6. The fraction of sp³-hybridized carbons (Fsp3) is 0.308. The zero-order valence-corrected chi connectivity index (χ0v) is 18.8. The van der Waals surface area contributed by atoms with E-state index in [2.05, 4.69) is 16.6 Å². The van der Waals surface area contributed by atoms with Crippen molar-refractivity contribution in [3.05, 3.63) is 78.1 Å². The zero-order valence-electron chi connectivity index (χ0n) is 18.8. The van der Waals surface area contributed by atoms with E-state index in [-0.39, 0.29) is 11.7 Å². The Hall–Kier alpha value is -3.14. The lowest BCUT2D eigenvalue weighted by atomic mass is 10.0. The third kappa shape index (κ3) is 8.08. The number of benzene rings is 1. The van der Waals surface area contributed by atoms with E-state index in [1.165, 1.54) is 0 Å². The van der Waals surface area contributed by atoms with Crippen molar-refractivity contribution >= 4 is 17.9 Å². The van der Waals surface area contributed by atoms with Crippen LogP contribution in [0.3, 0.4) is 0 Å². The van der Waals surface area contributed by atoms with E-state index < -0.39 is 0 Å². The third-order valence-corrected chi connectivity index (χ3v) is 3.98. The molecular weight excluding hydrogens is 372 g/mol. The maximum atomic E-state index is 5.72. The Morgan fingerprint density at radius 3 is 2.37 bits per heavy atom. The van der Waals surface area contributed by atoms with Gasteiger partial charge >= 0.3 is 0 Å². The number of nitrogens with zero attached hydrogens (tertiary/aromatic N) is 2. The first-order valence-corrected chi connectivity index (χ1v) is 10.1.